The fourth-order valence-corrected chi connectivity index (χ4v) is 2.23. The quantitative estimate of drug-likeness (QED) is 0.355. The molecule has 1 N–H and O–H groups in total. The topological polar surface area (TPSA) is 72.3 Å². The zero-order valence-corrected chi connectivity index (χ0v) is 11.5. The van der Waals surface area contributed by atoms with E-state index in [4.69, 9.17) is 0 Å². The third kappa shape index (κ3) is 4.91. The molecule has 0 radical (unpaired) electrons. The van der Waals surface area contributed by atoms with E-state index in [0.29, 0.717) is 5.16 Å². The van der Waals surface area contributed by atoms with Crippen LogP contribution in [-0.4, -0.2) is 33.9 Å². The maximum absolute atomic E-state index is 11.3. The van der Waals surface area contributed by atoms with Crippen molar-refractivity contribution < 1.29 is 14.6 Å². The summed E-state index contributed by atoms with van der Waals surface area (Å²) in [6, 6.07) is 1.20. The summed E-state index contributed by atoms with van der Waals surface area (Å²) in [5.41, 5.74) is 0.0843. The van der Waals surface area contributed by atoms with Crippen LogP contribution in [0.15, 0.2) is 11.2 Å². The lowest BCUT2D eigenvalue weighted by Crippen LogP contribution is -2.05. The number of ether oxygens (including phenoxy) is 1. The van der Waals surface area contributed by atoms with Gasteiger partial charge in [-0.25, -0.2) is 9.78 Å². The predicted octanol–water partition coefficient (Wildman–Crippen LogP) is 2.64. The molecule has 0 saturated heterocycles. The molecule has 1 rings (SSSR count). The standard InChI is InChI=1S/C12H18N2O3S/c1-3-4-5-6-7-18-12-13-9(11(16)17-2)8-10(15)14-12/h8H,3-7H2,1-2H3,(H,13,14,15). The van der Waals surface area contributed by atoms with Crippen LogP contribution in [-0.2, 0) is 4.74 Å². The van der Waals surface area contributed by atoms with E-state index in [1.54, 1.807) is 0 Å². The maximum atomic E-state index is 11.3. The van der Waals surface area contributed by atoms with Gasteiger partial charge in [0, 0.05) is 11.8 Å². The highest BCUT2D eigenvalue weighted by atomic mass is 32.2. The number of esters is 1. The lowest BCUT2D eigenvalue weighted by molar-refractivity contribution is 0.0592. The SMILES string of the molecule is CCCCCCSc1nc(O)cc(C(=O)OC)n1. The molecule has 1 heterocycles. The van der Waals surface area contributed by atoms with Gasteiger partial charge >= 0.3 is 5.97 Å². The number of thioether (sulfide) groups is 1. The summed E-state index contributed by atoms with van der Waals surface area (Å²) in [7, 11) is 1.28. The average molecular weight is 270 g/mol. The minimum absolute atomic E-state index is 0.0843. The molecule has 0 fully saturated rings. The van der Waals surface area contributed by atoms with Crippen molar-refractivity contribution in [1.82, 2.24) is 9.97 Å². The third-order valence-corrected chi connectivity index (χ3v) is 3.25. The summed E-state index contributed by atoms with van der Waals surface area (Å²) >= 11 is 1.44. The number of unbranched alkanes of at least 4 members (excludes halogenated alkanes) is 3. The fourth-order valence-electron chi connectivity index (χ4n) is 1.38. The molecule has 18 heavy (non-hydrogen) atoms. The Hall–Kier alpha value is -1.30. The van der Waals surface area contributed by atoms with Crippen molar-refractivity contribution in [3.8, 4) is 5.88 Å². The van der Waals surface area contributed by atoms with E-state index in [9.17, 15) is 9.90 Å². The van der Waals surface area contributed by atoms with Crippen LogP contribution in [0.1, 0.15) is 43.1 Å². The maximum Gasteiger partial charge on any atom is 0.356 e. The molecule has 0 atom stereocenters. The highest BCUT2D eigenvalue weighted by Crippen LogP contribution is 2.19. The Morgan fingerprint density at radius 1 is 1.39 bits per heavy atom. The van der Waals surface area contributed by atoms with Crippen LogP contribution in [0, 0.1) is 0 Å². The summed E-state index contributed by atoms with van der Waals surface area (Å²) in [5.74, 6) is 0.103. The van der Waals surface area contributed by atoms with Gasteiger partial charge in [-0.05, 0) is 6.42 Å². The first-order valence-electron chi connectivity index (χ1n) is 5.96. The third-order valence-electron chi connectivity index (χ3n) is 2.32. The Balaban J connectivity index is 2.55. The molecular formula is C12H18N2O3S. The van der Waals surface area contributed by atoms with E-state index >= 15 is 0 Å². The summed E-state index contributed by atoms with van der Waals surface area (Å²) in [4.78, 5) is 19.2. The van der Waals surface area contributed by atoms with Crippen LogP contribution in [0.4, 0.5) is 0 Å². The van der Waals surface area contributed by atoms with Gasteiger partial charge in [0.15, 0.2) is 10.9 Å². The van der Waals surface area contributed by atoms with E-state index < -0.39 is 5.97 Å². The Morgan fingerprint density at radius 3 is 2.83 bits per heavy atom. The van der Waals surface area contributed by atoms with E-state index in [1.807, 2.05) is 0 Å². The highest BCUT2D eigenvalue weighted by Gasteiger charge is 2.11. The number of methoxy groups -OCH3 is 1. The molecule has 0 bridgehead atoms. The minimum atomic E-state index is -0.569. The lowest BCUT2D eigenvalue weighted by Gasteiger charge is -2.03. The Bertz CT molecular complexity index is 399. The molecule has 0 aromatic carbocycles. The molecular weight excluding hydrogens is 252 g/mol. The number of hydrogen-bond acceptors (Lipinski definition) is 6. The number of carbonyl (C=O) groups is 1. The van der Waals surface area contributed by atoms with Crippen molar-refractivity contribution in [3.63, 3.8) is 0 Å². The van der Waals surface area contributed by atoms with Gasteiger partial charge in [0.05, 0.1) is 7.11 Å². The van der Waals surface area contributed by atoms with Gasteiger partial charge in [-0.1, -0.05) is 37.9 Å². The normalized spacial score (nSPS) is 10.3. The number of nitrogens with zero attached hydrogens (tertiary/aromatic N) is 2. The van der Waals surface area contributed by atoms with Gasteiger partial charge in [-0.2, -0.15) is 4.98 Å². The zero-order chi connectivity index (χ0) is 13.4. The summed E-state index contributed by atoms with van der Waals surface area (Å²) in [6.07, 6.45) is 4.66. The number of aromatic hydroxyl groups is 1. The van der Waals surface area contributed by atoms with Gasteiger partial charge in [-0.3, -0.25) is 0 Å². The molecule has 0 unspecified atom stereocenters. The van der Waals surface area contributed by atoms with Crippen molar-refractivity contribution in [2.45, 2.75) is 37.8 Å². The molecule has 100 valence electrons. The summed E-state index contributed by atoms with van der Waals surface area (Å²) < 4.78 is 4.55. The van der Waals surface area contributed by atoms with E-state index in [2.05, 4.69) is 21.6 Å². The van der Waals surface area contributed by atoms with Crippen LogP contribution in [0.2, 0.25) is 0 Å². The van der Waals surface area contributed by atoms with Crippen molar-refractivity contribution in [2.75, 3.05) is 12.9 Å². The van der Waals surface area contributed by atoms with E-state index in [-0.39, 0.29) is 11.6 Å². The van der Waals surface area contributed by atoms with Crippen LogP contribution in [0.3, 0.4) is 0 Å². The smallest absolute Gasteiger partial charge is 0.356 e. The largest absolute Gasteiger partial charge is 0.493 e. The van der Waals surface area contributed by atoms with Gasteiger partial charge in [0.25, 0.3) is 0 Å². The molecule has 0 spiro atoms. The molecule has 0 saturated carbocycles. The van der Waals surface area contributed by atoms with E-state index in [0.717, 1.165) is 12.2 Å². The Labute approximate surface area is 111 Å². The molecule has 0 amide bonds. The molecule has 5 nitrogen and oxygen atoms in total. The number of hydrogen-bond donors (Lipinski definition) is 1. The molecule has 6 heteroatoms. The van der Waals surface area contributed by atoms with Crippen molar-refractivity contribution in [2.24, 2.45) is 0 Å². The fraction of sp³-hybridized carbons (Fsp3) is 0.583. The van der Waals surface area contributed by atoms with Crippen molar-refractivity contribution in [3.05, 3.63) is 11.8 Å². The average Bonchev–Trinajstić information content (AvgIpc) is 2.37. The second-order valence-corrected chi connectivity index (χ2v) is 4.86. The number of rotatable bonds is 7. The Kier molecular flexibility index (Phi) is 6.49. The van der Waals surface area contributed by atoms with Crippen LogP contribution < -0.4 is 0 Å². The first kappa shape index (κ1) is 14.8. The Morgan fingerprint density at radius 2 is 2.17 bits per heavy atom. The van der Waals surface area contributed by atoms with Crippen molar-refractivity contribution >= 4 is 17.7 Å². The monoisotopic (exact) mass is 270 g/mol. The van der Waals surface area contributed by atoms with Gasteiger partial charge in [0.1, 0.15) is 0 Å². The van der Waals surface area contributed by atoms with Gasteiger partial charge in [-0.15, -0.1) is 0 Å². The number of carbonyl (C=O) groups excluding carboxylic acids is 1. The second-order valence-electron chi connectivity index (χ2n) is 3.79. The van der Waals surface area contributed by atoms with Crippen LogP contribution in [0.5, 0.6) is 5.88 Å². The summed E-state index contributed by atoms with van der Waals surface area (Å²) in [5, 5.41) is 9.82. The second kappa shape index (κ2) is 7.92. The highest BCUT2D eigenvalue weighted by molar-refractivity contribution is 7.99. The summed E-state index contributed by atoms with van der Waals surface area (Å²) in [6.45, 7) is 2.16. The van der Waals surface area contributed by atoms with Gasteiger partial charge < -0.3 is 9.84 Å². The number of aromatic nitrogens is 2. The first-order chi connectivity index (χ1) is 8.67. The molecule has 0 aliphatic rings. The van der Waals surface area contributed by atoms with Crippen LogP contribution in [0.25, 0.3) is 0 Å². The molecule has 1 aromatic heterocycles. The van der Waals surface area contributed by atoms with Crippen molar-refractivity contribution in [1.29, 1.82) is 0 Å². The predicted molar refractivity (Wildman–Crippen MR) is 69.9 cm³/mol. The first-order valence-corrected chi connectivity index (χ1v) is 6.95. The molecule has 0 aliphatic heterocycles. The van der Waals surface area contributed by atoms with Gasteiger partial charge in [0.2, 0.25) is 5.88 Å². The van der Waals surface area contributed by atoms with Crippen LogP contribution >= 0.6 is 11.8 Å². The minimum Gasteiger partial charge on any atom is -0.493 e. The lowest BCUT2D eigenvalue weighted by atomic mass is 10.2. The zero-order valence-electron chi connectivity index (χ0n) is 10.7. The molecule has 0 aliphatic carbocycles. The molecule has 1 aromatic rings. The van der Waals surface area contributed by atoms with E-state index in [1.165, 1.54) is 44.2 Å².